The van der Waals surface area contributed by atoms with E-state index in [1.807, 2.05) is 60.4 Å². The van der Waals surface area contributed by atoms with Crippen molar-refractivity contribution in [1.29, 1.82) is 0 Å². The van der Waals surface area contributed by atoms with Gasteiger partial charge >= 0.3 is 0 Å². The molecule has 4 aromatic rings. The molecule has 0 aliphatic carbocycles. The van der Waals surface area contributed by atoms with Crippen molar-refractivity contribution in [1.82, 2.24) is 9.47 Å². The summed E-state index contributed by atoms with van der Waals surface area (Å²) in [4.78, 5) is 15.9. The number of hydrogen-bond acceptors (Lipinski definition) is 4. The van der Waals surface area contributed by atoms with Crippen LogP contribution in [0.4, 0.5) is 5.69 Å². The van der Waals surface area contributed by atoms with Gasteiger partial charge in [-0.3, -0.25) is 4.79 Å². The molecule has 2 aliphatic heterocycles. The van der Waals surface area contributed by atoms with Crippen LogP contribution in [-0.4, -0.2) is 35.6 Å². The molecule has 0 radical (unpaired) electrons. The highest BCUT2D eigenvalue weighted by atomic mass is 16.5. The monoisotopic (exact) mass is 493 g/mol. The molecule has 1 amide bonds. The van der Waals surface area contributed by atoms with Gasteiger partial charge in [-0.05, 0) is 67.4 Å². The average Bonchev–Trinajstić information content (AvgIpc) is 3.45. The van der Waals surface area contributed by atoms with Crippen LogP contribution in [0.2, 0.25) is 0 Å². The molecule has 6 heteroatoms. The average molecular weight is 494 g/mol. The highest BCUT2D eigenvalue weighted by Crippen LogP contribution is 2.49. The Labute approximate surface area is 217 Å². The number of anilines is 1. The maximum atomic E-state index is 13.8. The van der Waals surface area contributed by atoms with Crippen molar-refractivity contribution in [2.75, 3.05) is 25.6 Å². The van der Waals surface area contributed by atoms with E-state index < -0.39 is 0 Å². The van der Waals surface area contributed by atoms with Gasteiger partial charge in [0.15, 0.2) is 0 Å². The molecule has 188 valence electrons. The summed E-state index contributed by atoms with van der Waals surface area (Å²) < 4.78 is 13.4. The van der Waals surface area contributed by atoms with Gasteiger partial charge < -0.3 is 24.3 Å². The Morgan fingerprint density at radius 1 is 1.00 bits per heavy atom. The predicted octanol–water partition coefficient (Wildman–Crippen LogP) is 6.18. The zero-order chi connectivity index (χ0) is 25.4. The van der Waals surface area contributed by atoms with Crippen molar-refractivity contribution in [3.05, 3.63) is 108 Å². The van der Waals surface area contributed by atoms with Crippen molar-refractivity contribution in [2.24, 2.45) is 0 Å². The first-order valence-electron chi connectivity index (χ1n) is 12.8. The molecule has 2 unspecified atom stereocenters. The van der Waals surface area contributed by atoms with E-state index >= 15 is 0 Å². The number of nitrogens with zero attached hydrogens (tertiary/aromatic N) is 2. The van der Waals surface area contributed by atoms with Gasteiger partial charge in [0.1, 0.15) is 11.5 Å². The van der Waals surface area contributed by atoms with Gasteiger partial charge in [-0.15, -0.1) is 0 Å². The number of fused-ring (bicyclic) bond motifs is 4. The lowest BCUT2D eigenvalue weighted by atomic mass is 9.77. The molecule has 2 aliphatic rings. The van der Waals surface area contributed by atoms with Gasteiger partial charge in [0.2, 0.25) is 0 Å². The fourth-order valence-electron chi connectivity index (χ4n) is 5.85. The number of ether oxygens (including phenoxy) is 2. The molecule has 37 heavy (non-hydrogen) atoms. The first-order chi connectivity index (χ1) is 18.1. The Morgan fingerprint density at radius 3 is 2.54 bits per heavy atom. The molecule has 2 atom stereocenters. The molecular weight excluding hydrogens is 462 g/mol. The minimum Gasteiger partial charge on any atom is -0.497 e. The van der Waals surface area contributed by atoms with Crippen molar-refractivity contribution >= 4 is 11.6 Å². The molecule has 1 fully saturated rings. The summed E-state index contributed by atoms with van der Waals surface area (Å²) in [5.74, 6) is 1.64. The third-order valence-corrected chi connectivity index (χ3v) is 7.63. The van der Waals surface area contributed by atoms with E-state index in [4.69, 9.17) is 9.47 Å². The van der Waals surface area contributed by atoms with E-state index in [1.165, 1.54) is 5.69 Å². The van der Waals surface area contributed by atoms with Gasteiger partial charge in [-0.1, -0.05) is 30.3 Å². The van der Waals surface area contributed by atoms with Crippen molar-refractivity contribution < 1.29 is 14.3 Å². The van der Waals surface area contributed by atoms with E-state index in [1.54, 1.807) is 7.11 Å². The molecule has 1 saturated heterocycles. The topological polar surface area (TPSA) is 55.7 Å². The van der Waals surface area contributed by atoms with Crippen LogP contribution in [0.15, 0.2) is 91.1 Å². The number of hydrogen-bond donors (Lipinski definition) is 1. The second-order valence-corrected chi connectivity index (χ2v) is 9.69. The fraction of sp³-hybridized carbons (Fsp3) is 0.258. The van der Waals surface area contributed by atoms with E-state index in [2.05, 4.69) is 52.5 Å². The number of carbonyl (C=O) groups excluding carboxylic acids is 1. The van der Waals surface area contributed by atoms with E-state index in [-0.39, 0.29) is 17.5 Å². The lowest BCUT2D eigenvalue weighted by Gasteiger charge is -2.50. The van der Waals surface area contributed by atoms with Gasteiger partial charge in [0, 0.05) is 36.5 Å². The smallest absolute Gasteiger partial charge is 0.254 e. The number of methoxy groups -OCH3 is 1. The number of carbonyl (C=O) groups is 1. The first kappa shape index (κ1) is 23.2. The summed E-state index contributed by atoms with van der Waals surface area (Å²) in [6.07, 6.45) is 3.67. The number of nitrogens with one attached hydrogen (secondary N) is 1. The van der Waals surface area contributed by atoms with E-state index in [9.17, 15) is 4.79 Å². The molecule has 0 saturated carbocycles. The van der Waals surface area contributed by atoms with Crippen LogP contribution in [0, 0.1) is 0 Å². The number of likely N-dealkylation sites (tertiary alicyclic amines) is 1. The minimum absolute atomic E-state index is 0.0417. The van der Waals surface area contributed by atoms with Crippen LogP contribution in [0.3, 0.4) is 0 Å². The second-order valence-electron chi connectivity index (χ2n) is 9.69. The molecular formula is C31H31N3O3. The molecule has 1 N–H and O–H groups in total. The zero-order valence-corrected chi connectivity index (χ0v) is 21.2. The molecule has 1 spiro atoms. The minimum atomic E-state index is -0.320. The number of aromatic nitrogens is 1. The van der Waals surface area contributed by atoms with Gasteiger partial charge in [-0.25, -0.2) is 0 Å². The second kappa shape index (κ2) is 9.36. The fourth-order valence-corrected chi connectivity index (χ4v) is 5.85. The molecule has 1 aromatic heterocycles. The Kier molecular flexibility index (Phi) is 5.87. The highest BCUT2D eigenvalue weighted by molar-refractivity contribution is 5.94. The number of benzene rings is 3. The lowest BCUT2D eigenvalue weighted by molar-refractivity contribution is 0.0519. The summed E-state index contributed by atoms with van der Waals surface area (Å²) in [5.41, 5.74) is 4.86. The van der Waals surface area contributed by atoms with Crippen LogP contribution in [-0.2, 0) is 5.54 Å². The summed E-state index contributed by atoms with van der Waals surface area (Å²) >= 11 is 0. The highest BCUT2D eigenvalue weighted by Gasteiger charge is 2.47. The number of rotatable bonds is 5. The lowest BCUT2D eigenvalue weighted by Crippen LogP contribution is -2.52. The maximum absolute atomic E-state index is 13.8. The van der Waals surface area contributed by atoms with Crippen molar-refractivity contribution in [3.8, 4) is 17.2 Å². The van der Waals surface area contributed by atoms with Crippen LogP contribution in [0.1, 0.15) is 47.4 Å². The van der Waals surface area contributed by atoms with Crippen LogP contribution < -0.4 is 14.8 Å². The van der Waals surface area contributed by atoms with Crippen LogP contribution in [0.5, 0.6) is 11.5 Å². The SMILES string of the molecule is CCOc1ccc(C(=O)N2CCC3(CC2c2ccccc2)Nc2cc(OC)ccc2-n2cccc23)cc1. The Bertz CT molecular complexity index is 1410. The molecule has 6 rings (SSSR count). The van der Waals surface area contributed by atoms with Crippen LogP contribution in [0.25, 0.3) is 5.69 Å². The normalized spacial score (nSPS) is 20.1. The number of amides is 1. The Morgan fingerprint density at radius 2 is 1.78 bits per heavy atom. The predicted molar refractivity (Wildman–Crippen MR) is 145 cm³/mol. The van der Waals surface area contributed by atoms with Crippen molar-refractivity contribution in [3.63, 3.8) is 0 Å². The van der Waals surface area contributed by atoms with Gasteiger partial charge in [-0.2, -0.15) is 0 Å². The largest absolute Gasteiger partial charge is 0.497 e. The Hall–Kier alpha value is -4.19. The number of piperidine rings is 1. The van der Waals surface area contributed by atoms with Gasteiger partial charge in [0.05, 0.1) is 36.7 Å². The zero-order valence-electron chi connectivity index (χ0n) is 21.2. The summed E-state index contributed by atoms with van der Waals surface area (Å²) in [6.45, 7) is 3.18. The van der Waals surface area contributed by atoms with Gasteiger partial charge in [0.25, 0.3) is 5.91 Å². The Balaban J connectivity index is 1.38. The third kappa shape index (κ3) is 4.02. The summed E-state index contributed by atoms with van der Waals surface area (Å²) in [7, 11) is 1.69. The molecule has 6 nitrogen and oxygen atoms in total. The van der Waals surface area contributed by atoms with E-state index in [0.717, 1.165) is 41.3 Å². The molecule has 3 aromatic carbocycles. The van der Waals surface area contributed by atoms with E-state index in [0.29, 0.717) is 18.7 Å². The quantitative estimate of drug-likeness (QED) is 0.361. The molecule has 3 heterocycles. The van der Waals surface area contributed by atoms with Crippen molar-refractivity contribution in [2.45, 2.75) is 31.3 Å². The third-order valence-electron chi connectivity index (χ3n) is 7.63. The summed E-state index contributed by atoms with van der Waals surface area (Å²) in [5, 5.41) is 3.89. The van der Waals surface area contributed by atoms with Crippen LogP contribution >= 0.6 is 0 Å². The molecule has 0 bridgehead atoms. The first-order valence-corrected chi connectivity index (χ1v) is 12.8. The standard InChI is InChI=1S/C31H31N3O3/c1-3-37-24-13-11-23(12-14-24)30(35)34-19-17-31(21-28(34)22-8-5-4-6-9-22)29-10-7-18-33(29)27-16-15-25(36-2)20-26(27)32-31/h4-16,18,20,28,32H,3,17,19,21H2,1-2H3. The summed E-state index contributed by atoms with van der Waals surface area (Å²) in [6, 6.07) is 28.2. The maximum Gasteiger partial charge on any atom is 0.254 e.